The number of nitrogens with zero attached hydrogens (tertiary/aromatic N) is 4. The molecule has 1 atom stereocenters. The Kier molecular flexibility index (Phi) is 3.97. The normalized spacial score (nSPS) is 20.0. The topological polar surface area (TPSA) is 74.0 Å². The fourth-order valence-corrected chi connectivity index (χ4v) is 2.94. The molecule has 3 rings (SSSR count). The average Bonchev–Trinajstić information content (AvgIpc) is 3.13. The summed E-state index contributed by atoms with van der Waals surface area (Å²) in [7, 11) is 1.79. The Labute approximate surface area is 139 Å². The van der Waals surface area contributed by atoms with Gasteiger partial charge in [0.2, 0.25) is 0 Å². The molecule has 1 unspecified atom stereocenters. The van der Waals surface area contributed by atoms with E-state index in [4.69, 9.17) is 5.26 Å². The summed E-state index contributed by atoms with van der Waals surface area (Å²) >= 11 is 0. The molecule has 1 aliphatic rings. The van der Waals surface area contributed by atoms with Gasteiger partial charge in [-0.1, -0.05) is 6.07 Å². The standard InChI is InChI=1S/C17H18FN5O/c1-17(5-6-23(10-17)11-19)21-16(24)14-4-3-12(7-15(14)18)13-8-20-22(2)9-13/h3-4,7-9H,5-6,10H2,1-2H3,(H,21,24). The van der Waals surface area contributed by atoms with Crippen LogP contribution < -0.4 is 5.32 Å². The predicted octanol–water partition coefficient (Wildman–Crippen LogP) is 1.90. The number of nitrogens with one attached hydrogen (secondary N) is 1. The van der Waals surface area contributed by atoms with Crippen molar-refractivity contribution in [3.63, 3.8) is 0 Å². The van der Waals surface area contributed by atoms with Gasteiger partial charge in [-0.05, 0) is 31.0 Å². The minimum atomic E-state index is -0.576. The number of carbonyl (C=O) groups excluding carboxylic acids is 1. The lowest BCUT2D eigenvalue weighted by molar-refractivity contribution is 0.0906. The highest BCUT2D eigenvalue weighted by Crippen LogP contribution is 2.24. The zero-order valence-electron chi connectivity index (χ0n) is 13.6. The van der Waals surface area contributed by atoms with Crippen molar-refractivity contribution in [1.29, 1.82) is 5.26 Å². The van der Waals surface area contributed by atoms with Gasteiger partial charge in [-0.3, -0.25) is 9.48 Å². The number of hydrogen-bond donors (Lipinski definition) is 1. The van der Waals surface area contributed by atoms with Crippen molar-refractivity contribution < 1.29 is 9.18 Å². The van der Waals surface area contributed by atoms with E-state index in [1.807, 2.05) is 6.92 Å². The summed E-state index contributed by atoms with van der Waals surface area (Å²) in [5, 5.41) is 15.8. The van der Waals surface area contributed by atoms with E-state index in [2.05, 4.69) is 16.6 Å². The number of halogens is 1. The molecular formula is C17H18FN5O. The van der Waals surface area contributed by atoms with Crippen molar-refractivity contribution >= 4 is 5.91 Å². The van der Waals surface area contributed by atoms with Crippen molar-refractivity contribution in [2.75, 3.05) is 13.1 Å². The SMILES string of the molecule is Cn1cc(-c2ccc(C(=O)NC3(C)CCN(C#N)C3)c(F)c2)cn1. The highest BCUT2D eigenvalue weighted by atomic mass is 19.1. The highest BCUT2D eigenvalue weighted by molar-refractivity contribution is 5.95. The molecule has 124 valence electrons. The van der Waals surface area contributed by atoms with Crippen LogP contribution >= 0.6 is 0 Å². The van der Waals surface area contributed by atoms with E-state index in [0.717, 1.165) is 5.56 Å². The smallest absolute Gasteiger partial charge is 0.254 e. The van der Waals surface area contributed by atoms with E-state index in [1.54, 1.807) is 35.1 Å². The van der Waals surface area contributed by atoms with Crippen LogP contribution in [-0.4, -0.2) is 39.2 Å². The third kappa shape index (κ3) is 3.08. The van der Waals surface area contributed by atoms with Gasteiger partial charge in [-0.15, -0.1) is 0 Å². The number of hydrogen-bond acceptors (Lipinski definition) is 4. The van der Waals surface area contributed by atoms with Gasteiger partial charge in [0.1, 0.15) is 5.82 Å². The number of rotatable bonds is 3. The van der Waals surface area contributed by atoms with Gasteiger partial charge in [-0.2, -0.15) is 10.4 Å². The third-order valence-corrected chi connectivity index (χ3v) is 4.28. The van der Waals surface area contributed by atoms with Gasteiger partial charge >= 0.3 is 0 Å². The predicted molar refractivity (Wildman–Crippen MR) is 86.3 cm³/mol. The van der Waals surface area contributed by atoms with E-state index in [1.165, 1.54) is 12.1 Å². The lowest BCUT2D eigenvalue weighted by Gasteiger charge is -2.25. The molecule has 0 aliphatic carbocycles. The monoisotopic (exact) mass is 327 g/mol. The van der Waals surface area contributed by atoms with Gasteiger partial charge in [-0.25, -0.2) is 4.39 Å². The van der Waals surface area contributed by atoms with E-state index in [-0.39, 0.29) is 5.56 Å². The lowest BCUT2D eigenvalue weighted by Crippen LogP contribution is -2.47. The fraction of sp³-hybridized carbons (Fsp3) is 0.353. The first-order valence-electron chi connectivity index (χ1n) is 7.66. The second-order valence-corrected chi connectivity index (χ2v) is 6.38. The minimum absolute atomic E-state index is 0.000673. The second kappa shape index (κ2) is 5.96. The first-order valence-corrected chi connectivity index (χ1v) is 7.66. The molecule has 1 amide bonds. The Morgan fingerprint density at radius 3 is 2.83 bits per heavy atom. The van der Waals surface area contributed by atoms with Crippen LogP contribution in [0.1, 0.15) is 23.7 Å². The summed E-state index contributed by atoms with van der Waals surface area (Å²) in [6.45, 7) is 2.89. The molecular weight excluding hydrogens is 309 g/mol. The maximum Gasteiger partial charge on any atom is 0.254 e. The number of nitriles is 1. The third-order valence-electron chi connectivity index (χ3n) is 4.28. The lowest BCUT2D eigenvalue weighted by atomic mass is 10.00. The van der Waals surface area contributed by atoms with Crippen LogP contribution in [0, 0.1) is 17.3 Å². The minimum Gasteiger partial charge on any atom is -0.345 e. The number of likely N-dealkylation sites (tertiary alicyclic amines) is 1. The van der Waals surface area contributed by atoms with Crippen molar-refractivity contribution in [3.8, 4) is 17.3 Å². The summed E-state index contributed by atoms with van der Waals surface area (Å²) in [6, 6.07) is 4.52. The van der Waals surface area contributed by atoms with Crippen molar-refractivity contribution in [2.24, 2.45) is 7.05 Å². The summed E-state index contributed by atoms with van der Waals surface area (Å²) in [5.41, 5.74) is 0.927. The maximum absolute atomic E-state index is 14.4. The van der Waals surface area contributed by atoms with Gasteiger partial charge in [0.05, 0.1) is 23.8 Å². The molecule has 1 aromatic heterocycles. The van der Waals surface area contributed by atoms with Gasteiger partial charge in [0, 0.05) is 25.4 Å². The van der Waals surface area contributed by atoms with Crippen LogP contribution in [-0.2, 0) is 7.05 Å². The Hall–Kier alpha value is -2.88. The quantitative estimate of drug-likeness (QED) is 0.874. The van der Waals surface area contributed by atoms with E-state index >= 15 is 0 Å². The number of aryl methyl sites for hydroxylation is 1. The first kappa shape index (κ1) is 16.0. The molecule has 24 heavy (non-hydrogen) atoms. The molecule has 1 fully saturated rings. The Morgan fingerprint density at radius 1 is 1.46 bits per heavy atom. The molecule has 6 nitrogen and oxygen atoms in total. The maximum atomic E-state index is 14.4. The number of amides is 1. The van der Waals surface area contributed by atoms with Gasteiger partial charge < -0.3 is 10.2 Å². The summed E-state index contributed by atoms with van der Waals surface area (Å²) in [5.74, 6) is -1.04. The van der Waals surface area contributed by atoms with Crippen LogP contribution in [0.25, 0.3) is 11.1 Å². The molecule has 2 heterocycles. The Bertz CT molecular complexity index is 825. The van der Waals surface area contributed by atoms with E-state index < -0.39 is 17.3 Å². The molecule has 1 saturated heterocycles. The largest absolute Gasteiger partial charge is 0.345 e. The van der Waals surface area contributed by atoms with Crippen molar-refractivity contribution in [3.05, 3.63) is 42.0 Å². The second-order valence-electron chi connectivity index (χ2n) is 6.38. The number of benzene rings is 1. The van der Waals surface area contributed by atoms with Crippen LogP contribution in [0.4, 0.5) is 4.39 Å². The first-order chi connectivity index (χ1) is 11.4. The molecule has 1 aromatic carbocycles. The molecule has 2 aromatic rings. The molecule has 0 bridgehead atoms. The molecule has 1 N–H and O–H groups in total. The van der Waals surface area contributed by atoms with E-state index in [9.17, 15) is 9.18 Å². The van der Waals surface area contributed by atoms with Crippen LogP contribution in [0.2, 0.25) is 0 Å². The highest BCUT2D eigenvalue weighted by Gasteiger charge is 2.35. The molecule has 0 radical (unpaired) electrons. The molecule has 0 saturated carbocycles. The van der Waals surface area contributed by atoms with Gasteiger partial charge in [0.25, 0.3) is 5.91 Å². The fourth-order valence-electron chi connectivity index (χ4n) is 2.94. The summed E-state index contributed by atoms with van der Waals surface area (Å²) < 4.78 is 16.0. The summed E-state index contributed by atoms with van der Waals surface area (Å²) in [6.07, 6.45) is 6.15. The van der Waals surface area contributed by atoms with Crippen molar-refractivity contribution in [2.45, 2.75) is 18.9 Å². The number of aromatic nitrogens is 2. The van der Waals surface area contributed by atoms with E-state index in [0.29, 0.717) is 25.1 Å². The zero-order chi connectivity index (χ0) is 17.3. The van der Waals surface area contributed by atoms with Crippen molar-refractivity contribution in [1.82, 2.24) is 20.0 Å². The number of carbonyl (C=O) groups is 1. The molecule has 0 spiro atoms. The zero-order valence-corrected chi connectivity index (χ0v) is 13.6. The Morgan fingerprint density at radius 2 is 2.25 bits per heavy atom. The Balaban J connectivity index is 1.77. The molecule has 1 aliphatic heterocycles. The van der Waals surface area contributed by atoms with Gasteiger partial charge in [0.15, 0.2) is 6.19 Å². The van der Waals surface area contributed by atoms with Crippen LogP contribution in [0.3, 0.4) is 0 Å². The average molecular weight is 327 g/mol. The van der Waals surface area contributed by atoms with Crippen LogP contribution in [0.15, 0.2) is 30.6 Å². The van der Waals surface area contributed by atoms with Crippen LogP contribution in [0.5, 0.6) is 0 Å². The molecule has 7 heteroatoms. The summed E-state index contributed by atoms with van der Waals surface area (Å²) in [4.78, 5) is 14.0.